The van der Waals surface area contributed by atoms with Crippen LogP contribution in [0.3, 0.4) is 0 Å². The van der Waals surface area contributed by atoms with Crippen LogP contribution in [0.5, 0.6) is 0 Å². The predicted molar refractivity (Wildman–Crippen MR) is 73.8 cm³/mol. The first-order valence-corrected chi connectivity index (χ1v) is 7.25. The van der Waals surface area contributed by atoms with Crippen LogP contribution in [0.4, 0.5) is 0 Å². The van der Waals surface area contributed by atoms with Gasteiger partial charge in [-0.25, -0.2) is 0 Å². The number of amides is 1. The van der Waals surface area contributed by atoms with E-state index in [0.29, 0.717) is 0 Å². The molecule has 0 aromatic heterocycles. The van der Waals surface area contributed by atoms with Crippen molar-refractivity contribution in [2.24, 2.45) is 5.18 Å². The lowest BCUT2D eigenvalue weighted by Gasteiger charge is -2.01. The summed E-state index contributed by atoms with van der Waals surface area (Å²) < 4.78 is 0. The van der Waals surface area contributed by atoms with Crippen LogP contribution in [-0.4, -0.2) is 17.0 Å². The van der Waals surface area contributed by atoms with Crippen molar-refractivity contribution in [1.29, 1.82) is 0 Å². The second kappa shape index (κ2) is 13.2. The third kappa shape index (κ3) is 14.7. The SMILES string of the molecule is O=NC(=O)CCCCCCCCCCCCC(=O)O. The highest BCUT2D eigenvalue weighted by Crippen LogP contribution is 2.12. The third-order valence-electron chi connectivity index (χ3n) is 3.13. The fraction of sp³-hybridized carbons (Fsp3) is 0.857. The molecule has 0 spiro atoms. The minimum atomic E-state index is -0.705. The molecule has 0 aliphatic rings. The van der Waals surface area contributed by atoms with Gasteiger partial charge in [-0.05, 0) is 12.8 Å². The van der Waals surface area contributed by atoms with Crippen molar-refractivity contribution in [2.45, 2.75) is 77.0 Å². The van der Waals surface area contributed by atoms with Crippen LogP contribution >= 0.6 is 0 Å². The molecule has 1 N–H and O–H groups in total. The Morgan fingerprint density at radius 1 is 0.684 bits per heavy atom. The molecule has 1 amide bonds. The van der Waals surface area contributed by atoms with Crippen molar-refractivity contribution < 1.29 is 14.7 Å². The molecular formula is C14H25NO4. The number of unbranched alkanes of at least 4 members (excludes halogenated alkanes) is 9. The van der Waals surface area contributed by atoms with E-state index in [9.17, 15) is 14.5 Å². The van der Waals surface area contributed by atoms with E-state index in [1.165, 1.54) is 19.3 Å². The van der Waals surface area contributed by atoms with Crippen molar-refractivity contribution in [2.75, 3.05) is 0 Å². The van der Waals surface area contributed by atoms with E-state index >= 15 is 0 Å². The first kappa shape index (κ1) is 17.7. The number of nitrogens with zero attached hydrogens (tertiary/aromatic N) is 1. The zero-order chi connectivity index (χ0) is 14.3. The average molecular weight is 271 g/mol. The smallest absolute Gasteiger partial charge is 0.303 e. The molecule has 0 aromatic rings. The zero-order valence-electron chi connectivity index (χ0n) is 11.6. The molecule has 19 heavy (non-hydrogen) atoms. The van der Waals surface area contributed by atoms with E-state index in [2.05, 4.69) is 5.18 Å². The Morgan fingerprint density at radius 3 is 1.42 bits per heavy atom. The Balaban J connectivity index is 3.05. The molecule has 0 unspecified atom stereocenters. The maximum atomic E-state index is 10.6. The van der Waals surface area contributed by atoms with E-state index in [4.69, 9.17) is 5.11 Å². The Kier molecular flexibility index (Phi) is 12.3. The lowest BCUT2D eigenvalue weighted by atomic mass is 10.1. The first-order valence-electron chi connectivity index (χ1n) is 7.25. The summed E-state index contributed by atoms with van der Waals surface area (Å²) in [5, 5.41) is 10.8. The second-order valence-corrected chi connectivity index (χ2v) is 4.91. The normalized spacial score (nSPS) is 10.3. The Morgan fingerprint density at radius 2 is 1.05 bits per heavy atom. The monoisotopic (exact) mass is 271 g/mol. The highest BCUT2D eigenvalue weighted by molar-refractivity contribution is 5.76. The van der Waals surface area contributed by atoms with Crippen LogP contribution in [0.25, 0.3) is 0 Å². The molecule has 0 atom stereocenters. The molecule has 0 aromatic carbocycles. The standard InChI is InChI=1S/C14H25NO4/c16-13(15-19)11-9-7-5-3-1-2-4-6-8-10-12-14(17)18/h1-12H2,(H,17,18). The van der Waals surface area contributed by atoms with Crippen molar-refractivity contribution in [3.63, 3.8) is 0 Å². The molecule has 0 fully saturated rings. The van der Waals surface area contributed by atoms with Gasteiger partial charge in [0.1, 0.15) is 0 Å². The molecular weight excluding hydrogens is 246 g/mol. The van der Waals surface area contributed by atoms with Gasteiger partial charge in [0.15, 0.2) is 0 Å². The number of carboxylic acid groups (broad SMARTS) is 1. The quantitative estimate of drug-likeness (QED) is 0.404. The number of hydrogen-bond donors (Lipinski definition) is 1. The number of rotatable bonds is 13. The zero-order valence-corrected chi connectivity index (χ0v) is 11.6. The third-order valence-corrected chi connectivity index (χ3v) is 3.13. The van der Waals surface area contributed by atoms with Gasteiger partial charge in [-0.3, -0.25) is 9.59 Å². The van der Waals surface area contributed by atoms with Crippen molar-refractivity contribution in [3.05, 3.63) is 4.91 Å². The minimum Gasteiger partial charge on any atom is -0.481 e. The maximum Gasteiger partial charge on any atom is 0.303 e. The number of hydrogen-bond acceptors (Lipinski definition) is 3. The van der Waals surface area contributed by atoms with Crippen LogP contribution < -0.4 is 0 Å². The molecule has 0 bridgehead atoms. The van der Waals surface area contributed by atoms with Crippen LogP contribution in [0, 0.1) is 4.91 Å². The Bertz CT molecular complexity index is 266. The number of carbonyl (C=O) groups is 2. The molecule has 0 aliphatic carbocycles. The Labute approximate surface area is 114 Å². The number of aliphatic carboxylic acids is 1. The van der Waals surface area contributed by atoms with E-state index in [0.717, 1.165) is 44.9 Å². The van der Waals surface area contributed by atoms with Gasteiger partial charge < -0.3 is 5.11 Å². The van der Waals surface area contributed by atoms with Gasteiger partial charge in [-0.1, -0.05) is 51.4 Å². The van der Waals surface area contributed by atoms with Crippen molar-refractivity contribution in [1.82, 2.24) is 0 Å². The van der Waals surface area contributed by atoms with Crippen LogP contribution in [0.2, 0.25) is 0 Å². The second-order valence-electron chi connectivity index (χ2n) is 4.91. The minimum absolute atomic E-state index is 0.285. The molecule has 0 saturated carbocycles. The summed E-state index contributed by atoms with van der Waals surface area (Å²) in [4.78, 5) is 30.7. The van der Waals surface area contributed by atoms with E-state index in [1.54, 1.807) is 0 Å². The van der Waals surface area contributed by atoms with Gasteiger partial charge in [-0.2, -0.15) is 0 Å². The summed E-state index contributed by atoms with van der Waals surface area (Å²) in [6.07, 6.45) is 11.1. The molecule has 0 heterocycles. The molecule has 0 radical (unpaired) electrons. The predicted octanol–water partition coefficient (Wildman–Crippen LogP) is 4.05. The van der Waals surface area contributed by atoms with Crippen LogP contribution in [0.15, 0.2) is 5.18 Å². The maximum absolute atomic E-state index is 10.6. The lowest BCUT2D eigenvalue weighted by Crippen LogP contribution is -1.93. The van der Waals surface area contributed by atoms with Crippen molar-refractivity contribution in [3.8, 4) is 0 Å². The van der Waals surface area contributed by atoms with Gasteiger partial charge in [0.25, 0.3) is 5.91 Å². The average Bonchev–Trinajstić information content (AvgIpc) is 2.39. The van der Waals surface area contributed by atoms with E-state index < -0.39 is 11.9 Å². The number of carbonyl (C=O) groups excluding carboxylic acids is 1. The van der Waals surface area contributed by atoms with E-state index in [1.807, 2.05) is 0 Å². The molecule has 0 rings (SSSR count). The summed E-state index contributed by atoms with van der Waals surface area (Å²) in [7, 11) is 0. The summed E-state index contributed by atoms with van der Waals surface area (Å²) in [6, 6.07) is 0. The van der Waals surface area contributed by atoms with Gasteiger partial charge >= 0.3 is 5.97 Å². The summed E-state index contributed by atoms with van der Waals surface area (Å²) in [6.45, 7) is 0. The van der Waals surface area contributed by atoms with E-state index in [-0.39, 0.29) is 12.8 Å². The summed E-state index contributed by atoms with van der Waals surface area (Å²) >= 11 is 0. The fourth-order valence-electron chi connectivity index (χ4n) is 2.01. The highest BCUT2D eigenvalue weighted by atomic mass is 16.4. The number of nitroso groups, excluding NO2 is 1. The van der Waals surface area contributed by atoms with Gasteiger partial charge in [0.2, 0.25) is 0 Å². The highest BCUT2D eigenvalue weighted by Gasteiger charge is 2.00. The molecule has 5 heteroatoms. The first-order chi connectivity index (χ1) is 9.16. The van der Waals surface area contributed by atoms with Crippen LogP contribution in [0.1, 0.15) is 77.0 Å². The Hall–Kier alpha value is -1.26. The van der Waals surface area contributed by atoms with Gasteiger partial charge in [0.05, 0.1) is 0 Å². The van der Waals surface area contributed by atoms with Crippen LogP contribution in [-0.2, 0) is 9.59 Å². The number of carboxylic acids is 1. The van der Waals surface area contributed by atoms with Crippen molar-refractivity contribution >= 4 is 11.9 Å². The molecule has 110 valence electrons. The molecule has 5 nitrogen and oxygen atoms in total. The topological polar surface area (TPSA) is 83.8 Å². The van der Waals surface area contributed by atoms with Gasteiger partial charge in [-0.15, -0.1) is 4.91 Å². The largest absolute Gasteiger partial charge is 0.481 e. The summed E-state index contributed by atoms with van der Waals surface area (Å²) in [5.74, 6) is -1.25. The lowest BCUT2D eigenvalue weighted by molar-refractivity contribution is -0.137. The van der Waals surface area contributed by atoms with Gasteiger partial charge in [0, 0.05) is 18.0 Å². The molecule has 0 saturated heterocycles. The summed E-state index contributed by atoms with van der Waals surface area (Å²) in [5.41, 5.74) is 0. The molecule has 0 aliphatic heterocycles. The fourth-order valence-corrected chi connectivity index (χ4v) is 2.01.